The van der Waals surface area contributed by atoms with E-state index in [1.54, 1.807) is 0 Å². The Morgan fingerprint density at radius 1 is 1.30 bits per heavy atom. The van der Waals surface area contributed by atoms with Crippen LogP contribution in [0.3, 0.4) is 0 Å². The molecule has 2 heterocycles. The molecule has 6 heteroatoms. The summed E-state index contributed by atoms with van der Waals surface area (Å²) in [6, 6.07) is 7.95. The lowest BCUT2D eigenvalue weighted by molar-refractivity contribution is -0.142. The van der Waals surface area contributed by atoms with Crippen LogP contribution in [0, 0.1) is 5.41 Å². The van der Waals surface area contributed by atoms with Gasteiger partial charge in [-0.05, 0) is 45.0 Å². The summed E-state index contributed by atoms with van der Waals surface area (Å²) in [6.07, 6.45) is 2.08. The van der Waals surface area contributed by atoms with Gasteiger partial charge in [0.25, 0.3) is 0 Å². The maximum atomic E-state index is 13.1. The van der Waals surface area contributed by atoms with E-state index in [4.69, 9.17) is 16.7 Å². The second kappa shape index (κ2) is 9.11. The molecule has 0 fully saturated rings. The lowest BCUT2D eigenvalue weighted by Crippen LogP contribution is -2.43. The Hall–Kier alpha value is -1.85. The number of carbonyl (C=O) groups is 1. The molecule has 1 aromatic heterocycles. The van der Waals surface area contributed by atoms with Crippen molar-refractivity contribution in [3.63, 3.8) is 0 Å². The van der Waals surface area contributed by atoms with Gasteiger partial charge in [0.15, 0.2) is 0 Å². The maximum Gasteiger partial charge on any atom is 0.228 e. The van der Waals surface area contributed by atoms with Crippen molar-refractivity contribution in [3.05, 3.63) is 46.2 Å². The summed E-state index contributed by atoms with van der Waals surface area (Å²) in [7, 11) is 0. The van der Waals surface area contributed by atoms with Crippen LogP contribution in [0.2, 0.25) is 5.02 Å². The van der Waals surface area contributed by atoms with Crippen LogP contribution in [0.1, 0.15) is 64.9 Å². The minimum atomic E-state index is -0.423. The standard InChI is InChI=1S/C24H35ClN4O/c1-7-12-27-13-11-22-20(15-27)21(16-28(17(2)3)23(30)24(4,5)6)26-29(22)19-10-8-9-18(25)14-19/h8-10,14,17H,7,11-13,15-16H2,1-6H3. The number of amides is 1. The number of nitrogens with zero attached hydrogens (tertiary/aromatic N) is 4. The first kappa shape index (κ1) is 22.8. The molecule has 0 saturated heterocycles. The van der Waals surface area contributed by atoms with Crippen LogP contribution in [0.25, 0.3) is 5.69 Å². The number of hydrogen-bond acceptors (Lipinski definition) is 3. The van der Waals surface area contributed by atoms with E-state index in [0.717, 1.165) is 43.9 Å². The molecule has 1 aliphatic heterocycles. The van der Waals surface area contributed by atoms with Crippen LogP contribution < -0.4 is 0 Å². The van der Waals surface area contributed by atoms with Gasteiger partial charge < -0.3 is 4.90 Å². The largest absolute Gasteiger partial charge is 0.334 e. The monoisotopic (exact) mass is 430 g/mol. The molecule has 0 N–H and O–H groups in total. The number of hydrogen-bond donors (Lipinski definition) is 0. The molecule has 1 aliphatic rings. The maximum absolute atomic E-state index is 13.1. The molecular weight excluding hydrogens is 396 g/mol. The number of benzene rings is 1. The number of halogens is 1. The quantitative estimate of drug-likeness (QED) is 0.641. The molecule has 30 heavy (non-hydrogen) atoms. The van der Waals surface area contributed by atoms with Gasteiger partial charge in [-0.25, -0.2) is 4.68 Å². The number of rotatable bonds is 6. The predicted molar refractivity (Wildman–Crippen MR) is 123 cm³/mol. The molecule has 0 bridgehead atoms. The van der Waals surface area contributed by atoms with E-state index in [-0.39, 0.29) is 11.9 Å². The number of aromatic nitrogens is 2. The van der Waals surface area contributed by atoms with Gasteiger partial charge in [-0.2, -0.15) is 5.10 Å². The Balaban J connectivity index is 2.04. The summed E-state index contributed by atoms with van der Waals surface area (Å²) in [6.45, 7) is 15.8. The van der Waals surface area contributed by atoms with Crippen LogP contribution in [0.4, 0.5) is 0 Å². The minimum Gasteiger partial charge on any atom is -0.334 e. The van der Waals surface area contributed by atoms with Crippen molar-refractivity contribution in [1.29, 1.82) is 0 Å². The first-order chi connectivity index (χ1) is 14.1. The number of carbonyl (C=O) groups excluding carboxylic acids is 1. The van der Waals surface area contributed by atoms with Crippen molar-refractivity contribution in [2.24, 2.45) is 5.41 Å². The Morgan fingerprint density at radius 3 is 2.63 bits per heavy atom. The fourth-order valence-electron chi connectivity index (χ4n) is 4.08. The molecule has 0 atom stereocenters. The van der Waals surface area contributed by atoms with Crippen molar-refractivity contribution >= 4 is 17.5 Å². The highest BCUT2D eigenvalue weighted by molar-refractivity contribution is 6.30. The topological polar surface area (TPSA) is 41.4 Å². The molecule has 0 spiro atoms. The van der Waals surface area contributed by atoms with E-state index in [2.05, 4.69) is 25.7 Å². The van der Waals surface area contributed by atoms with Crippen LogP contribution in [-0.2, 0) is 24.3 Å². The first-order valence-corrected chi connectivity index (χ1v) is 11.4. The van der Waals surface area contributed by atoms with Gasteiger partial charge in [-0.3, -0.25) is 9.69 Å². The molecule has 0 aliphatic carbocycles. The lowest BCUT2D eigenvalue weighted by Gasteiger charge is -2.33. The van der Waals surface area contributed by atoms with Crippen molar-refractivity contribution in [1.82, 2.24) is 19.6 Å². The number of fused-ring (bicyclic) bond motifs is 1. The van der Waals surface area contributed by atoms with Crippen molar-refractivity contribution in [2.75, 3.05) is 13.1 Å². The average Bonchev–Trinajstić information content (AvgIpc) is 3.03. The molecule has 5 nitrogen and oxygen atoms in total. The fraction of sp³-hybridized carbons (Fsp3) is 0.583. The second-order valence-electron chi connectivity index (χ2n) is 9.57. The van der Waals surface area contributed by atoms with Gasteiger partial charge in [0, 0.05) is 41.6 Å². The van der Waals surface area contributed by atoms with E-state index >= 15 is 0 Å². The Labute approximate surface area is 186 Å². The molecular formula is C24H35ClN4O. The van der Waals surface area contributed by atoms with Gasteiger partial charge in [0.2, 0.25) is 5.91 Å². The first-order valence-electron chi connectivity index (χ1n) is 11.0. The highest BCUT2D eigenvalue weighted by Gasteiger charge is 2.32. The molecule has 0 unspecified atom stereocenters. The van der Waals surface area contributed by atoms with Crippen LogP contribution in [0.5, 0.6) is 0 Å². The van der Waals surface area contributed by atoms with E-state index in [9.17, 15) is 4.79 Å². The fourth-order valence-corrected chi connectivity index (χ4v) is 4.26. The zero-order chi connectivity index (χ0) is 22.1. The zero-order valence-corrected chi connectivity index (χ0v) is 20.0. The Morgan fingerprint density at radius 2 is 2.03 bits per heavy atom. The summed E-state index contributed by atoms with van der Waals surface area (Å²) in [5.74, 6) is 0.157. The van der Waals surface area contributed by atoms with Crippen LogP contribution in [0.15, 0.2) is 24.3 Å². The van der Waals surface area contributed by atoms with E-state index < -0.39 is 5.41 Å². The van der Waals surface area contributed by atoms with Gasteiger partial charge >= 0.3 is 0 Å². The molecule has 1 aromatic carbocycles. The highest BCUT2D eigenvalue weighted by atomic mass is 35.5. The lowest BCUT2D eigenvalue weighted by atomic mass is 9.93. The third-order valence-electron chi connectivity index (χ3n) is 5.66. The SMILES string of the molecule is CCCN1CCc2c(c(CN(C(=O)C(C)(C)C)C(C)C)nn2-c2cccc(Cl)c2)C1. The molecule has 0 radical (unpaired) electrons. The van der Waals surface area contributed by atoms with Gasteiger partial charge in [-0.1, -0.05) is 45.4 Å². The Kier molecular flexibility index (Phi) is 6.93. The second-order valence-corrected chi connectivity index (χ2v) is 10.0. The molecule has 164 valence electrons. The van der Waals surface area contributed by atoms with Crippen LogP contribution >= 0.6 is 11.6 Å². The summed E-state index contributed by atoms with van der Waals surface area (Å²) in [5, 5.41) is 5.72. The van der Waals surface area contributed by atoms with Crippen molar-refractivity contribution in [3.8, 4) is 5.69 Å². The van der Waals surface area contributed by atoms with Crippen molar-refractivity contribution < 1.29 is 4.79 Å². The van der Waals surface area contributed by atoms with E-state index in [1.165, 1.54) is 11.3 Å². The highest BCUT2D eigenvalue weighted by Crippen LogP contribution is 2.29. The van der Waals surface area contributed by atoms with E-state index in [0.29, 0.717) is 11.6 Å². The summed E-state index contributed by atoms with van der Waals surface area (Å²) >= 11 is 6.26. The summed E-state index contributed by atoms with van der Waals surface area (Å²) in [5.41, 5.74) is 4.06. The molecule has 0 saturated carbocycles. The van der Waals surface area contributed by atoms with Gasteiger partial charge in [0.1, 0.15) is 0 Å². The van der Waals surface area contributed by atoms with Gasteiger partial charge in [0.05, 0.1) is 23.6 Å². The van der Waals surface area contributed by atoms with E-state index in [1.807, 2.05) is 54.6 Å². The van der Waals surface area contributed by atoms with Crippen LogP contribution in [-0.4, -0.2) is 44.6 Å². The predicted octanol–water partition coefficient (Wildman–Crippen LogP) is 5.08. The molecule has 2 aromatic rings. The van der Waals surface area contributed by atoms with Gasteiger partial charge in [-0.15, -0.1) is 0 Å². The normalized spacial score (nSPS) is 14.8. The third-order valence-corrected chi connectivity index (χ3v) is 5.89. The summed E-state index contributed by atoms with van der Waals surface area (Å²) < 4.78 is 2.04. The van der Waals surface area contributed by atoms with Crippen molar-refractivity contribution in [2.45, 2.75) is 73.5 Å². The minimum absolute atomic E-state index is 0.110. The smallest absolute Gasteiger partial charge is 0.228 e. The zero-order valence-electron chi connectivity index (χ0n) is 19.2. The molecule has 1 amide bonds. The average molecular weight is 431 g/mol. The molecule has 3 rings (SSSR count). The Bertz CT molecular complexity index is 897. The summed E-state index contributed by atoms with van der Waals surface area (Å²) in [4.78, 5) is 17.6. The third kappa shape index (κ3) is 4.89.